The molecule has 25 heavy (non-hydrogen) atoms. The lowest BCUT2D eigenvalue weighted by Crippen LogP contribution is -2.27. The lowest BCUT2D eigenvalue weighted by molar-refractivity contribution is -0.132. The van der Waals surface area contributed by atoms with Crippen LogP contribution in [-0.2, 0) is 16.1 Å². The number of carbonyl (C=O) groups excluding carboxylic acids is 2. The fourth-order valence-corrected chi connectivity index (χ4v) is 2.81. The van der Waals surface area contributed by atoms with Crippen molar-refractivity contribution in [2.75, 3.05) is 12.4 Å². The van der Waals surface area contributed by atoms with Gasteiger partial charge in [-0.25, -0.2) is 0 Å². The summed E-state index contributed by atoms with van der Waals surface area (Å²) < 4.78 is 0. The summed E-state index contributed by atoms with van der Waals surface area (Å²) in [6.07, 6.45) is 0.239. The third kappa shape index (κ3) is 4.57. The summed E-state index contributed by atoms with van der Waals surface area (Å²) >= 11 is 1.24. The Hall–Kier alpha value is -2.87. The molecule has 3 rings (SSSR count). The molecule has 1 aromatic carbocycles. The lowest BCUT2D eigenvalue weighted by Gasteiger charge is -2.16. The first-order valence-electron chi connectivity index (χ1n) is 7.76. The lowest BCUT2D eigenvalue weighted by atomic mass is 10.2. The van der Waals surface area contributed by atoms with Gasteiger partial charge in [-0.2, -0.15) is 0 Å². The minimum atomic E-state index is -0.248. The van der Waals surface area contributed by atoms with Gasteiger partial charge in [0.25, 0.3) is 0 Å². The second-order valence-electron chi connectivity index (χ2n) is 5.54. The van der Waals surface area contributed by atoms with Crippen LogP contribution < -0.4 is 5.32 Å². The van der Waals surface area contributed by atoms with E-state index in [0.717, 1.165) is 16.6 Å². The van der Waals surface area contributed by atoms with Crippen LogP contribution in [0.1, 0.15) is 18.5 Å². The molecule has 1 N–H and O–H groups in total. The smallest absolute Gasteiger partial charge is 0.226 e. The molecule has 2 aromatic heterocycles. The molecule has 2 heterocycles. The van der Waals surface area contributed by atoms with Gasteiger partial charge in [0.2, 0.25) is 16.9 Å². The first kappa shape index (κ1) is 17.0. The van der Waals surface area contributed by atoms with Crippen LogP contribution in [0.2, 0.25) is 0 Å². The molecule has 3 aromatic rings. The topological polar surface area (TPSA) is 88.1 Å². The molecule has 0 atom stereocenters. The summed E-state index contributed by atoms with van der Waals surface area (Å²) in [4.78, 5) is 30.1. The van der Waals surface area contributed by atoms with Gasteiger partial charge in [-0.1, -0.05) is 35.6 Å². The number of fused-ring (bicyclic) bond motifs is 1. The average Bonchev–Trinajstić information content (AvgIpc) is 3.12. The molecule has 0 aliphatic heterocycles. The van der Waals surface area contributed by atoms with Gasteiger partial charge in [0.15, 0.2) is 0 Å². The van der Waals surface area contributed by atoms with Crippen LogP contribution in [0.3, 0.4) is 0 Å². The molecular formula is C17H17N5O2S. The molecule has 0 aliphatic carbocycles. The van der Waals surface area contributed by atoms with Gasteiger partial charge in [-0.15, -0.1) is 10.2 Å². The van der Waals surface area contributed by atoms with Crippen molar-refractivity contribution in [1.82, 2.24) is 20.1 Å². The highest BCUT2D eigenvalue weighted by molar-refractivity contribution is 7.13. The van der Waals surface area contributed by atoms with E-state index in [0.29, 0.717) is 11.7 Å². The zero-order valence-corrected chi connectivity index (χ0v) is 14.5. The highest BCUT2D eigenvalue weighted by atomic mass is 32.1. The fourth-order valence-electron chi connectivity index (χ4n) is 2.35. The van der Waals surface area contributed by atoms with Crippen molar-refractivity contribution in [1.29, 1.82) is 0 Å². The SMILES string of the molecule is CN(Cc1ccc2ccccc2n1)C(=O)CCC(=O)Nc1nncs1. The second kappa shape index (κ2) is 7.80. The summed E-state index contributed by atoms with van der Waals surface area (Å²) in [5.74, 6) is -0.357. The number of benzene rings is 1. The molecule has 7 nitrogen and oxygen atoms in total. The van der Waals surface area contributed by atoms with Crippen molar-refractivity contribution in [3.8, 4) is 0 Å². The Kier molecular flexibility index (Phi) is 5.30. The molecule has 0 spiro atoms. The second-order valence-corrected chi connectivity index (χ2v) is 6.37. The van der Waals surface area contributed by atoms with Gasteiger partial charge >= 0.3 is 0 Å². The molecule has 0 radical (unpaired) electrons. The summed E-state index contributed by atoms with van der Waals surface area (Å²) in [5.41, 5.74) is 3.25. The predicted molar refractivity (Wildman–Crippen MR) is 96.0 cm³/mol. The molecule has 128 valence electrons. The van der Waals surface area contributed by atoms with Crippen molar-refractivity contribution in [2.45, 2.75) is 19.4 Å². The van der Waals surface area contributed by atoms with Crippen LogP contribution in [0.25, 0.3) is 10.9 Å². The minimum absolute atomic E-state index is 0.105. The highest BCUT2D eigenvalue weighted by Gasteiger charge is 2.13. The Morgan fingerprint density at radius 2 is 2.00 bits per heavy atom. The number of hydrogen-bond donors (Lipinski definition) is 1. The normalized spacial score (nSPS) is 10.6. The number of anilines is 1. The van der Waals surface area contributed by atoms with E-state index in [1.807, 2.05) is 36.4 Å². The number of rotatable bonds is 6. The van der Waals surface area contributed by atoms with Crippen LogP contribution in [0.5, 0.6) is 0 Å². The summed E-state index contributed by atoms with van der Waals surface area (Å²) in [6, 6.07) is 11.7. The number of para-hydroxylation sites is 1. The number of nitrogens with one attached hydrogen (secondary N) is 1. The Morgan fingerprint density at radius 3 is 2.80 bits per heavy atom. The van der Waals surface area contributed by atoms with Crippen LogP contribution in [0.4, 0.5) is 5.13 Å². The van der Waals surface area contributed by atoms with Gasteiger partial charge in [0.05, 0.1) is 17.8 Å². The number of carbonyl (C=O) groups is 2. The Balaban J connectivity index is 1.52. The van der Waals surface area contributed by atoms with Gasteiger partial charge in [0.1, 0.15) is 5.51 Å². The molecular weight excluding hydrogens is 338 g/mol. The first-order chi connectivity index (χ1) is 12.1. The van der Waals surface area contributed by atoms with Crippen molar-refractivity contribution in [3.05, 3.63) is 47.6 Å². The maximum Gasteiger partial charge on any atom is 0.226 e. The minimum Gasteiger partial charge on any atom is -0.340 e. The zero-order chi connectivity index (χ0) is 17.6. The maximum atomic E-state index is 12.2. The van der Waals surface area contributed by atoms with Crippen LogP contribution >= 0.6 is 11.3 Å². The van der Waals surface area contributed by atoms with Crippen molar-refractivity contribution in [3.63, 3.8) is 0 Å². The first-order valence-corrected chi connectivity index (χ1v) is 8.64. The molecule has 8 heteroatoms. The van der Waals surface area contributed by atoms with Crippen LogP contribution in [0.15, 0.2) is 41.9 Å². The molecule has 0 saturated carbocycles. The molecule has 0 bridgehead atoms. The van der Waals surface area contributed by atoms with E-state index in [2.05, 4.69) is 20.5 Å². The number of aromatic nitrogens is 3. The van der Waals surface area contributed by atoms with Gasteiger partial charge in [-0.05, 0) is 12.1 Å². The van der Waals surface area contributed by atoms with Crippen molar-refractivity contribution in [2.24, 2.45) is 0 Å². The Morgan fingerprint density at radius 1 is 1.16 bits per heavy atom. The van der Waals surface area contributed by atoms with E-state index in [-0.39, 0.29) is 24.7 Å². The number of pyridine rings is 1. The van der Waals surface area contributed by atoms with Crippen LogP contribution in [-0.4, -0.2) is 38.9 Å². The Bertz CT molecular complexity index is 882. The van der Waals surface area contributed by atoms with Crippen molar-refractivity contribution >= 4 is 39.2 Å². The van der Waals surface area contributed by atoms with Crippen LogP contribution in [0, 0.1) is 0 Å². The van der Waals surface area contributed by atoms with E-state index < -0.39 is 0 Å². The number of hydrogen-bond acceptors (Lipinski definition) is 6. The number of amides is 2. The standard InChI is InChI=1S/C17H17N5O2S/c1-22(10-13-7-6-12-4-2-3-5-14(12)19-13)16(24)9-8-15(23)20-17-21-18-11-25-17/h2-7,11H,8-10H2,1H3,(H,20,21,23). The van der Waals surface area contributed by atoms with Gasteiger partial charge < -0.3 is 10.2 Å². The molecule has 2 amide bonds. The predicted octanol–water partition coefficient (Wildman–Crippen LogP) is 2.46. The average molecular weight is 355 g/mol. The summed E-state index contributed by atoms with van der Waals surface area (Å²) in [5, 5.41) is 11.5. The van der Waals surface area contributed by atoms with E-state index in [1.54, 1.807) is 11.9 Å². The quantitative estimate of drug-likeness (QED) is 0.734. The van der Waals surface area contributed by atoms with Gasteiger partial charge in [0, 0.05) is 25.3 Å². The van der Waals surface area contributed by atoms with E-state index in [1.165, 1.54) is 16.8 Å². The number of nitrogens with zero attached hydrogens (tertiary/aromatic N) is 4. The zero-order valence-electron chi connectivity index (χ0n) is 13.7. The third-order valence-electron chi connectivity index (χ3n) is 3.65. The third-order valence-corrected chi connectivity index (χ3v) is 4.26. The van der Waals surface area contributed by atoms with Gasteiger partial charge in [-0.3, -0.25) is 14.6 Å². The molecule has 0 unspecified atom stereocenters. The molecule has 0 saturated heterocycles. The van der Waals surface area contributed by atoms with E-state index >= 15 is 0 Å². The van der Waals surface area contributed by atoms with E-state index in [9.17, 15) is 9.59 Å². The fraction of sp³-hybridized carbons (Fsp3) is 0.235. The summed E-state index contributed by atoms with van der Waals surface area (Å²) in [6.45, 7) is 0.404. The monoisotopic (exact) mass is 355 g/mol. The highest BCUT2D eigenvalue weighted by Crippen LogP contribution is 2.13. The van der Waals surface area contributed by atoms with E-state index in [4.69, 9.17) is 0 Å². The summed E-state index contributed by atoms with van der Waals surface area (Å²) in [7, 11) is 1.71. The molecule has 0 aliphatic rings. The maximum absolute atomic E-state index is 12.2. The largest absolute Gasteiger partial charge is 0.340 e. The Labute approximate surface area is 148 Å². The molecule has 0 fully saturated rings. The van der Waals surface area contributed by atoms with Crippen molar-refractivity contribution < 1.29 is 9.59 Å².